The van der Waals surface area contributed by atoms with Crippen molar-refractivity contribution in [3.8, 4) is 11.1 Å². The van der Waals surface area contributed by atoms with Crippen LogP contribution in [-0.2, 0) is 4.74 Å². The maximum absolute atomic E-state index is 12.8. The second kappa shape index (κ2) is 6.37. The Kier molecular flexibility index (Phi) is 3.78. The smallest absolute Gasteiger partial charge is 0.410 e. The van der Waals surface area contributed by atoms with Crippen LogP contribution in [-0.4, -0.2) is 23.6 Å². The van der Waals surface area contributed by atoms with E-state index < -0.39 is 0 Å². The first-order chi connectivity index (χ1) is 13.7. The van der Waals surface area contributed by atoms with Crippen LogP contribution in [0.3, 0.4) is 0 Å². The van der Waals surface area contributed by atoms with Crippen molar-refractivity contribution in [2.45, 2.75) is 44.2 Å². The first kappa shape index (κ1) is 16.6. The zero-order chi connectivity index (χ0) is 18.7. The molecule has 0 N–H and O–H groups in total. The number of benzene rings is 2. The molecule has 144 valence electrons. The molecule has 0 spiro atoms. The fourth-order valence-corrected chi connectivity index (χ4v) is 6.85. The van der Waals surface area contributed by atoms with E-state index >= 15 is 0 Å². The second-order valence-corrected chi connectivity index (χ2v) is 9.44. The quantitative estimate of drug-likeness (QED) is 0.693. The SMILES string of the molecule is O=C1OC(c2cccc(-c3ccccc3)c2)CN1C1C2CC3CC(C2)CC1C3. The summed E-state index contributed by atoms with van der Waals surface area (Å²) in [7, 11) is 0. The lowest BCUT2D eigenvalue weighted by Gasteiger charge is -2.56. The van der Waals surface area contributed by atoms with Gasteiger partial charge in [-0.1, -0.05) is 48.5 Å². The Bertz CT molecular complexity index is 864. The third kappa shape index (κ3) is 2.67. The van der Waals surface area contributed by atoms with Crippen LogP contribution >= 0.6 is 0 Å². The predicted octanol–water partition coefficient (Wildman–Crippen LogP) is 5.67. The lowest BCUT2D eigenvalue weighted by atomic mass is 9.54. The van der Waals surface area contributed by atoms with Gasteiger partial charge in [-0.2, -0.15) is 0 Å². The first-order valence-corrected chi connectivity index (χ1v) is 10.9. The summed E-state index contributed by atoms with van der Waals surface area (Å²) in [6, 6.07) is 19.3. The van der Waals surface area contributed by atoms with Gasteiger partial charge in [0.1, 0.15) is 6.10 Å². The topological polar surface area (TPSA) is 29.5 Å². The number of hydrogen-bond donors (Lipinski definition) is 0. The normalized spacial score (nSPS) is 36.0. The molecule has 1 saturated heterocycles. The summed E-state index contributed by atoms with van der Waals surface area (Å²) in [6.07, 6.45) is 6.52. The maximum atomic E-state index is 12.8. The predicted molar refractivity (Wildman–Crippen MR) is 109 cm³/mol. The molecular weight excluding hydrogens is 346 g/mol. The van der Waals surface area contributed by atoms with Crippen molar-refractivity contribution in [2.24, 2.45) is 23.7 Å². The van der Waals surface area contributed by atoms with Crippen LogP contribution in [0.5, 0.6) is 0 Å². The number of rotatable bonds is 3. The molecule has 5 fully saturated rings. The molecule has 4 aliphatic carbocycles. The minimum absolute atomic E-state index is 0.0902. The molecule has 4 saturated carbocycles. The van der Waals surface area contributed by atoms with Gasteiger partial charge in [-0.05, 0) is 78.5 Å². The van der Waals surface area contributed by atoms with Gasteiger partial charge in [0.25, 0.3) is 0 Å². The van der Waals surface area contributed by atoms with Crippen LogP contribution in [0.4, 0.5) is 4.79 Å². The van der Waals surface area contributed by atoms with Gasteiger partial charge in [-0.15, -0.1) is 0 Å². The van der Waals surface area contributed by atoms with Gasteiger partial charge in [-0.3, -0.25) is 0 Å². The van der Waals surface area contributed by atoms with Gasteiger partial charge < -0.3 is 9.64 Å². The largest absolute Gasteiger partial charge is 0.439 e. The van der Waals surface area contributed by atoms with Crippen molar-refractivity contribution in [1.82, 2.24) is 4.90 Å². The number of amides is 1. The fourth-order valence-electron chi connectivity index (χ4n) is 6.85. The molecule has 1 heterocycles. The minimum Gasteiger partial charge on any atom is -0.439 e. The van der Waals surface area contributed by atoms with E-state index in [9.17, 15) is 4.79 Å². The molecule has 28 heavy (non-hydrogen) atoms. The molecule has 5 aliphatic rings. The van der Waals surface area contributed by atoms with Gasteiger partial charge in [0.15, 0.2) is 0 Å². The molecule has 1 unspecified atom stereocenters. The molecule has 7 rings (SSSR count). The van der Waals surface area contributed by atoms with Crippen molar-refractivity contribution >= 4 is 6.09 Å². The summed E-state index contributed by atoms with van der Waals surface area (Å²) in [5.74, 6) is 3.27. The molecule has 1 atom stereocenters. The van der Waals surface area contributed by atoms with E-state index in [0.29, 0.717) is 24.4 Å². The van der Waals surface area contributed by atoms with Crippen LogP contribution in [0.15, 0.2) is 54.6 Å². The van der Waals surface area contributed by atoms with Gasteiger partial charge in [0.05, 0.1) is 6.54 Å². The zero-order valence-corrected chi connectivity index (χ0v) is 16.2. The minimum atomic E-state index is -0.145. The Hall–Kier alpha value is -2.29. The Balaban J connectivity index is 1.24. The Morgan fingerprint density at radius 2 is 1.46 bits per heavy atom. The molecule has 0 aromatic heterocycles. The Labute approximate surface area is 166 Å². The number of cyclic esters (lactones) is 1. The van der Waals surface area contributed by atoms with Crippen molar-refractivity contribution in [1.29, 1.82) is 0 Å². The van der Waals surface area contributed by atoms with Crippen LogP contribution < -0.4 is 0 Å². The van der Waals surface area contributed by atoms with Gasteiger partial charge in [-0.25, -0.2) is 4.79 Å². The lowest BCUT2D eigenvalue weighted by molar-refractivity contribution is -0.0480. The summed E-state index contributed by atoms with van der Waals surface area (Å²) < 4.78 is 5.89. The fraction of sp³-hybridized carbons (Fsp3) is 0.480. The summed E-state index contributed by atoms with van der Waals surface area (Å²) in [5, 5.41) is 0. The van der Waals surface area contributed by atoms with E-state index in [1.807, 2.05) is 6.07 Å². The van der Waals surface area contributed by atoms with Crippen molar-refractivity contribution in [3.63, 3.8) is 0 Å². The van der Waals surface area contributed by atoms with Crippen LogP contribution in [0, 0.1) is 23.7 Å². The van der Waals surface area contributed by atoms with E-state index in [1.165, 1.54) is 43.2 Å². The molecule has 3 heteroatoms. The van der Waals surface area contributed by atoms with Crippen molar-refractivity contribution < 1.29 is 9.53 Å². The highest BCUT2D eigenvalue weighted by Gasteiger charge is 2.53. The molecule has 1 amide bonds. The van der Waals surface area contributed by atoms with E-state index in [1.54, 1.807) is 0 Å². The standard InChI is InChI=1S/C25H27NO2/c27-25-26(24-21-10-16-9-17(12-21)13-22(24)11-16)15-23(28-25)20-8-4-7-19(14-20)18-5-2-1-3-6-18/h1-8,14,16-17,21-24H,9-13,15H2. The Morgan fingerprint density at radius 3 is 2.18 bits per heavy atom. The third-order valence-corrected chi connectivity index (χ3v) is 7.74. The Morgan fingerprint density at radius 1 is 0.786 bits per heavy atom. The molecular formula is C25H27NO2. The highest BCUT2D eigenvalue weighted by atomic mass is 16.6. The zero-order valence-electron chi connectivity index (χ0n) is 16.2. The highest BCUT2D eigenvalue weighted by molar-refractivity contribution is 5.71. The van der Waals surface area contributed by atoms with E-state index in [0.717, 1.165) is 17.4 Å². The van der Waals surface area contributed by atoms with Gasteiger partial charge in [0, 0.05) is 6.04 Å². The van der Waals surface area contributed by atoms with Crippen LogP contribution in [0.25, 0.3) is 11.1 Å². The maximum Gasteiger partial charge on any atom is 0.410 e. The number of hydrogen-bond acceptors (Lipinski definition) is 2. The average Bonchev–Trinajstić information content (AvgIpc) is 3.10. The highest BCUT2D eigenvalue weighted by Crippen LogP contribution is 2.55. The number of nitrogens with zero attached hydrogens (tertiary/aromatic N) is 1. The van der Waals surface area contributed by atoms with Crippen LogP contribution in [0.2, 0.25) is 0 Å². The summed E-state index contributed by atoms with van der Waals surface area (Å²) in [4.78, 5) is 14.9. The number of carbonyl (C=O) groups excluding carboxylic acids is 1. The summed E-state index contributed by atoms with van der Waals surface area (Å²) in [5.41, 5.74) is 3.50. The first-order valence-electron chi connectivity index (χ1n) is 10.9. The molecule has 2 aromatic carbocycles. The van der Waals surface area contributed by atoms with Gasteiger partial charge >= 0.3 is 6.09 Å². The lowest BCUT2D eigenvalue weighted by Crippen LogP contribution is -2.56. The molecule has 4 bridgehead atoms. The van der Waals surface area contributed by atoms with Crippen molar-refractivity contribution in [3.05, 3.63) is 60.2 Å². The average molecular weight is 373 g/mol. The second-order valence-electron chi connectivity index (χ2n) is 9.44. The van der Waals surface area contributed by atoms with E-state index in [2.05, 4.69) is 53.4 Å². The summed E-state index contributed by atoms with van der Waals surface area (Å²) in [6.45, 7) is 0.712. The van der Waals surface area contributed by atoms with Crippen molar-refractivity contribution in [2.75, 3.05) is 6.54 Å². The third-order valence-electron chi connectivity index (χ3n) is 7.74. The monoisotopic (exact) mass is 373 g/mol. The molecule has 2 aromatic rings. The van der Waals surface area contributed by atoms with Gasteiger partial charge in [0.2, 0.25) is 0 Å². The van der Waals surface area contributed by atoms with E-state index in [4.69, 9.17) is 4.74 Å². The van der Waals surface area contributed by atoms with Crippen LogP contribution in [0.1, 0.15) is 43.8 Å². The molecule has 0 radical (unpaired) electrons. The van der Waals surface area contributed by atoms with E-state index in [-0.39, 0.29) is 12.2 Å². The molecule has 3 nitrogen and oxygen atoms in total. The summed E-state index contributed by atoms with van der Waals surface area (Å²) >= 11 is 0. The number of carbonyl (C=O) groups is 1. The number of ether oxygens (including phenoxy) is 1. The molecule has 1 aliphatic heterocycles.